The minimum absolute atomic E-state index is 0.000111. The summed E-state index contributed by atoms with van der Waals surface area (Å²) in [6.45, 7) is 4.50. The zero-order valence-corrected chi connectivity index (χ0v) is 17.4. The second-order valence-electron chi connectivity index (χ2n) is 7.53. The van der Waals surface area contributed by atoms with Crippen molar-refractivity contribution >= 4 is 11.5 Å². The molecule has 1 amide bonds. The van der Waals surface area contributed by atoms with Crippen LogP contribution in [0.1, 0.15) is 53.6 Å². The molecule has 1 aliphatic carbocycles. The molecule has 0 saturated heterocycles. The van der Waals surface area contributed by atoms with Crippen molar-refractivity contribution in [2.45, 2.75) is 37.9 Å². The Morgan fingerprint density at radius 3 is 2.47 bits per heavy atom. The Labute approximate surface area is 181 Å². The van der Waals surface area contributed by atoms with Crippen LogP contribution in [0.5, 0.6) is 0 Å². The number of pyridine rings is 1. The Morgan fingerprint density at radius 1 is 1.31 bits per heavy atom. The van der Waals surface area contributed by atoms with Crippen molar-refractivity contribution < 1.29 is 26.7 Å². The van der Waals surface area contributed by atoms with E-state index < -0.39 is 35.3 Å². The fraction of sp³-hybridized carbons (Fsp3) is 0.318. The molecule has 1 saturated carbocycles. The van der Waals surface area contributed by atoms with Crippen molar-refractivity contribution in [3.63, 3.8) is 0 Å². The summed E-state index contributed by atoms with van der Waals surface area (Å²) in [5.41, 5.74) is -0.755. The van der Waals surface area contributed by atoms with Gasteiger partial charge in [0.15, 0.2) is 0 Å². The van der Waals surface area contributed by atoms with Gasteiger partial charge in [0.1, 0.15) is 11.4 Å². The van der Waals surface area contributed by atoms with Crippen molar-refractivity contribution in [1.82, 2.24) is 20.1 Å². The number of aromatic nitrogens is 3. The molecule has 2 aromatic rings. The van der Waals surface area contributed by atoms with Crippen LogP contribution in [0.25, 0.3) is 5.57 Å². The molecule has 3 rings (SSSR count). The van der Waals surface area contributed by atoms with Crippen molar-refractivity contribution in [2.24, 2.45) is 7.05 Å². The number of carbonyl (C=O) groups excluding carboxylic acids is 1. The lowest BCUT2D eigenvalue weighted by molar-refractivity contribution is -0.0912. The molecule has 0 aliphatic heterocycles. The van der Waals surface area contributed by atoms with Gasteiger partial charge >= 0.3 is 6.18 Å². The van der Waals surface area contributed by atoms with E-state index in [1.165, 1.54) is 25.4 Å². The normalized spacial score (nSPS) is 16.2. The number of hydrogen-bond donors (Lipinski definition) is 1. The van der Waals surface area contributed by atoms with E-state index in [2.05, 4.69) is 22.0 Å². The topological polar surface area (TPSA) is 59.8 Å². The maximum atomic E-state index is 12.9. The molecule has 2 aromatic heterocycles. The van der Waals surface area contributed by atoms with Crippen molar-refractivity contribution in [2.75, 3.05) is 0 Å². The third-order valence-corrected chi connectivity index (χ3v) is 5.19. The number of alkyl halides is 5. The number of amides is 1. The molecular formula is C22H21F5N4O. The zero-order chi connectivity index (χ0) is 23.7. The number of halogens is 5. The van der Waals surface area contributed by atoms with Gasteiger partial charge in [0.2, 0.25) is 0 Å². The van der Waals surface area contributed by atoms with Gasteiger partial charge in [-0.15, -0.1) is 0 Å². The molecule has 0 bridgehead atoms. The monoisotopic (exact) mass is 452 g/mol. The number of rotatable bonds is 7. The molecule has 1 fully saturated rings. The van der Waals surface area contributed by atoms with Gasteiger partial charge in [-0.25, -0.2) is 8.78 Å². The predicted octanol–water partition coefficient (Wildman–Crippen LogP) is 5.25. The van der Waals surface area contributed by atoms with E-state index in [4.69, 9.17) is 0 Å². The third kappa shape index (κ3) is 4.95. The SMILES string of the molecule is C=C/C=C(\C=C(/C)C(F)(F)F)c1ccc(C2(NC(=O)c3cc(C(F)F)nn3C)CC2)cn1. The zero-order valence-electron chi connectivity index (χ0n) is 17.4. The van der Waals surface area contributed by atoms with Gasteiger partial charge < -0.3 is 5.32 Å². The van der Waals surface area contributed by atoms with E-state index >= 15 is 0 Å². The van der Waals surface area contributed by atoms with E-state index in [1.807, 2.05) is 0 Å². The van der Waals surface area contributed by atoms with Crippen molar-refractivity contribution in [3.8, 4) is 0 Å². The number of carbonyl (C=O) groups is 1. The molecule has 0 unspecified atom stereocenters. The molecule has 2 heterocycles. The second-order valence-corrected chi connectivity index (χ2v) is 7.53. The molecule has 32 heavy (non-hydrogen) atoms. The van der Waals surface area contributed by atoms with Crippen LogP contribution in [-0.4, -0.2) is 26.8 Å². The summed E-state index contributed by atoms with van der Waals surface area (Å²) in [7, 11) is 1.40. The fourth-order valence-corrected chi connectivity index (χ4v) is 3.20. The fourth-order valence-electron chi connectivity index (χ4n) is 3.20. The number of hydrogen-bond acceptors (Lipinski definition) is 3. The van der Waals surface area contributed by atoms with Gasteiger partial charge in [-0.2, -0.15) is 18.3 Å². The highest BCUT2D eigenvalue weighted by atomic mass is 19.4. The molecule has 0 spiro atoms. The van der Waals surface area contributed by atoms with Crippen LogP contribution in [0.4, 0.5) is 22.0 Å². The largest absolute Gasteiger partial charge is 0.412 e. The lowest BCUT2D eigenvalue weighted by Crippen LogP contribution is -2.36. The number of aryl methyl sites for hydroxylation is 1. The molecule has 5 nitrogen and oxygen atoms in total. The minimum atomic E-state index is -4.46. The van der Waals surface area contributed by atoms with Gasteiger partial charge in [-0.05, 0) is 43.5 Å². The molecule has 0 atom stereocenters. The summed E-state index contributed by atoms with van der Waals surface area (Å²) in [6, 6.07) is 4.28. The van der Waals surface area contributed by atoms with E-state index in [-0.39, 0.29) is 11.3 Å². The first-order chi connectivity index (χ1) is 15.0. The van der Waals surface area contributed by atoms with Crippen LogP contribution < -0.4 is 5.32 Å². The summed E-state index contributed by atoms with van der Waals surface area (Å²) in [4.78, 5) is 16.9. The lowest BCUT2D eigenvalue weighted by Gasteiger charge is -2.18. The Hall–Kier alpha value is -3.30. The summed E-state index contributed by atoms with van der Waals surface area (Å²) < 4.78 is 65.5. The van der Waals surface area contributed by atoms with Crippen LogP contribution in [0.2, 0.25) is 0 Å². The highest BCUT2D eigenvalue weighted by Crippen LogP contribution is 2.45. The summed E-state index contributed by atoms with van der Waals surface area (Å²) in [5.74, 6) is -0.551. The summed E-state index contributed by atoms with van der Waals surface area (Å²) in [6.07, 6.45) is -0.750. The van der Waals surface area contributed by atoms with Crippen LogP contribution in [0.3, 0.4) is 0 Å². The highest BCUT2D eigenvalue weighted by molar-refractivity contribution is 5.93. The Kier molecular flexibility index (Phi) is 6.34. The Balaban J connectivity index is 1.81. The molecule has 0 aromatic carbocycles. The lowest BCUT2D eigenvalue weighted by atomic mass is 10.0. The van der Waals surface area contributed by atoms with E-state index in [9.17, 15) is 26.7 Å². The number of allylic oxidation sites excluding steroid dienone is 5. The molecule has 1 N–H and O–H groups in total. The van der Waals surface area contributed by atoms with Gasteiger partial charge in [-0.3, -0.25) is 14.5 Å². The molecule has 0 radical (unpaired) electrons. The van der Waals surface area contributed by atoms with Gasteiger partial charge in [-0.1, -0.05) is 24.8 Å². The van der Waals surface area contributed by atoms with E-state index in [0.717, 1.165) is 23.7 Å². The van der Waals surface area contributed by atoms with Crippen LogP contribution in [0.15, 0.2) is 54.8 Å². The van der Waals surface area contributed by atoms with Crippen LogP contribution in [-0.2, 0) is 12.6 Å². The standard InChI is InChI=1S/C22H21F5N4O/c1-4-5-14(10-13(2)22(25,26)27)16-7-6-15(12-28-16)21(8-9-21)29-20(32)18-11-17(19(23)24)30-31(18)3/h4-7,10-12,19H,1,8-9H2,2-3H3,(H,29,32)/b13-10+,14-5+. The Morgan fingerprint density at radius 2 is 2.00 bits per heavy atom. The molecule has 170 valence electrons. The maximum absolute atomic E-state index is 12.9. The maximum Gasteiger partial charge on any atom is 0.412 e. The van der Waals surface area contributed by atoms with Crippen LogP contribution in [0, 0.1) is 0 Å². The minimum Gasteiger partial charge on any atom is -0.341 e. The smallest absolute Gasteiger partial charge is 0.341 e. The molecule has 1 aliphatic rings. The first kappa shape index (κ1) is 23.4. The average molecular weight is 452 g/mol. The molecular weight excluding hydrogens is 431 g/mol. The summed E-state index contributed by atoms with van der Waals surface area (Å²) >= 11 is 0. The second kappa shape index (κ2) is 8.68. The van der Waals surface area contributed by atoms with E-state index in [1.54, 1.807) is 12.1 Å². The summed E-state index contributed by atoms with van der Waals surface area (Å²) in [5, 5.41) is 6.48. The van der Waals surface area contributed by atoms with Crippen molar-refractivity contribution in [3.05, 3.63) is 77.4 Å². The Bertz CT molecular complexity index is 1080. The number of nitrogens with zero attached hydrogens (tertiary/aromatic N) is 3. The van der Waals surface area contributed by atoms with E-state index in [0.29, 0.717) is 24.1 Å². The van der Waals surface area contributed by atoms with Crippen LogP contribution >= 0.6 is 0 Å². The third-order valence-electron chi connectivity index (χ3n) is 5.19. The quantitative estimate of drug-likeness (QED) is 0.461. The van der Waals surface area contributed by atoms with Gasteiger partial charge in [0.25, 0.3) is 12.3 Å². The van der Waals surface area contributed by atoms with Gasteiger partial charge in [0, 0.05) is 24.4 Å². The molecule has 10 heteroatoms. The first-order valence-electron chi connectivity index (χ1n) is 9.66. The van der Waals surface area contributed by atoms with Crippen molar-refractivity contribution in [1.29, 1.82) is 0 Å². The van der Waals surface area contributed by atoms with Gasteiger partial charge in [0.05, 0.1) is 11.2 Å². The first-order valence-corrected chi connectivity index (χ1v) is 9.66. The predicted molar refractivity (Wildman–Crippen MR) is 109 cm³/mol. The average Bonchev–Trinajstić information content (AvgIpc) is 3.39. The number of nitrogens with one attached hydrogen (secondary N) is 1. The highest BCUT2D eigenvalue weighted by Gasteiger charge is 2.46.